The number of aryl methyl sites for hydroxylation is 1. The average molecular weight is 282 g/mol. The highest BCUT2D eigenvalue weighted by molar-refractivity contribution is 6.00. The van der Waals surface area contributed by atoms with Crippen LogP contribution in [0.4, 0.5) is 5.95 Å². The van der Waals surface area contributed by atoms with Crippen LogP contribution in [0.15, 0.2) is 30.6 Å². The molecule has 0 aliphatic heterocycles. The van der Waals surface area contributed by atoms with E-state index >= 15 is 0 Å². The number of carbonyl (C=O) groups is 1. The lowest BCUT2D eigenvalue weighted by atomic mass is 9.94. The van der Waals surface area contributed by atoms with E-state index in [4.69, 9.17) is 0 Å². The fourth-order valence-corrected chi connectivity index (χ4v) is 2.89. The minimum Gasteiger partial charge on any atom is -0.297 e. The van der Waals surface area contributed by atoms with Crippen LogP contribution in [0.2, 0.25) is 0 Å². The van der Waals surface area contributed by atoms with Crippen molar-refractivity contribution in [2.24, 2.45) is 0 Å². The molecule has 5 nitrogen and oxygen atoms in total. The molecule has 4 rings (SSSR count). The summed E-state index contributed by atoms with van der Waals surface area (Å²) in [5.74, 6) is 0.629. The van der Waals surface area contributed by atoms with Gasteiger partial charge in [-0.15, -0.1) is 10.2 Å². The fourth-order valence-electron chi connectivity index (χ4n) is 2.89. The van der Waals surface area contributed by atoms with Crippen LogP contribution in [0.5, 0.6) is 0 Å². The van der Waals surface area contributed by atoms with Crippen molar-refractivity contribution in [2.75, 3.05) is 5.32 Å². The van der Waals surface area contributed by atoms with Crippen molar-refractivity contribution in [3.05, 3.63) is 41.7 Å². The first kappa shape index (κ1) is 12.6. The Bertz CT molecular complexity index is 698. The van der Waals surface area contributed by atoms with Gasteiger partial charge in [-0.3, -0.25) is 14.7 Å². The molecule has 2 aliphatic carbocycles. The Hall–Kier alpha value is -2.17. The lowest BCUT2D eigenvalue weighted by molar-refractivity contribution is -0.118. The summed E-state index contributed by atoms with van der Waals surface area (Å²) in [6, 6.07) is 8.69. The largest absolute Gasteiger partial charge is 0.297 e. The van der Waals surface area contributed by atoms with Crippen molar-refractivity contribution >= 4 is 11.9 Å². The second kappa shape index (κ2) is 4.41. The molecule has 0 radical (unpaired) electrons. The van der Waals surface area contributed by atoms with Gasteiger partial charge in [-0.25, -0.2) is 0 Å². The van der Waals surface area contributed by atoms with Gasteiger partial charge in [0.25, 0.3) is 0 Å². The van der Waals surface area contributed by atoms with E-state index in [1.54, 1.807) is 6.33 Å². The lowest BCUT2D eigenvalue weighted by Gasteiger charge is -2.16. The van der Waals surface area contributed by atoms with E-state index in [9.17, 15) is 4.79 Å². The van der Waals surface area contributed by atoms with Crippen molar-refractivity contribution in [1.29, 1.82) is 0 Å². The summed E-state index contributed by atoms with van der Waals surface area (Å²) in [6.45, 7) is 2.06. The van der Waals surface area contributed by atoms with Crippen molar-refractivity contribution in [1.82, 2.24) is 14.8 Å². The number of nitrogens with zero attached hydrogens (tertiary/aromatic N) is 3. The monoisotopic (exact) mass is 282 g/mol. The van der Waals surface area contributed by atoms with Gasteiger partial charge in [0, 0.05) is 6.04 Å². The minimum atomic E-state index is -0.369. The van der Waals surface area contributed by atoms with Crippen LogP contribution in [0.25, 0.3) is 0 Å². The molecule has 1 N–H and O–H groups in total. The van der Waals surface area contributed by atoms with Crippen LogP contribution in [-0.4, -0.2) is 20.7 Å². The van der Waals surface area contributed by atoms with Gasteiger partial charge in [0.05, 0.1) is 5.41 Å². The molecular weight excluding hydrogens is 264 g/mol. The van der Waals surface area contributed by atoms with Crippen LogP contribution < -0.4 is 5.32 Å². The van der Waals surface area contributed by atoms with Crippen molar-refractivity contribution < 1.29 is 4.79 Å². The number of aromatic nitrogens is 3. The van der Waals surface area contributed by atoms with E-state index in [0.717, 1.165) is 31.2 Å². The summed E-state index contributed by atoms with van der Waals surface area (Å²) < 4.78 is 1.98. The van der Waals surface area contributed by atoms with E-state index in [0.29, 0.717) is 12.0 Å². The lowest BCUT2D eigenvalue weighted by Crippen LogP contribution is -2.29. The van der Waals surface area contributed by atoms with Gasteiger partial charge >= 0.3 is 0 Å². The predicted molar refractivity (Wildman–Crippen MR) is 79.0 cm³/mol. The van der Waals surface area contributed by atoms with Crippen LogP contribution in [-0.2, 0) is 10.2 Å². The maximum Gasteiger partial charge on any atom is 0.237 e. The molecule has 2 fully saturated rings. The fraction of sp³-hybridized carbons (Fsp3) is 0.438. The Kier molecular flexibility index (Phi) is 2.64. The first-order valence-corrected chi connectivity index (χ1v) is 7.47. The molecule has 1 aromatic heterocycles. The molecular formula is C16H18N4O. The SMILES string of the molecule is Cc1cccc(C2(C(=O)Nc3nncn3C3CC3)CC2)c1. The number of rotatable bonds is 4. The zero-order valence-electron chi connectivity index (χ0n) is 12.0. The third-order valence-corrected chi connectivity index (χ3v) is 4.49. The molecule has 1 aromatic carbocycles. The average Bonchev–Trinajstić information content (AvgIpc) is 3.39. The van der Waals surface area contributed by atoms with Crippen LogP contribution in [0.3, 0.4) is 0 Å². The predicted octanol–water partition coefficient (Wildman–Crippen LogP) is 2.59. The van der Waals surface area contributed by atoms with Gasteiger partial charge < -0.3 is 0 Å². The maximum atomic E-state index is 12.7. The minimum absolute atomic E-state index is 0.0444. The van der Waals surface area contributed by atoms with Crippen molar-refractivity contribution in [2.45, 2.75) is 44.1 Å². The zero-order chi connectivity index (χ0) is 14.4. The van der Waals surface area contributed by atoms with Crippen molar-refractivity contribution in [3.8, 4) is 0 Å². The number of hydrogen-bond donors (Lipinski definition) is 1. The summed E-state index contributed by atoms with van der Waals surface area (Å²) in [5, 5.41) is 11.0. The zero-order valence-corrected chi connectivity index (χ0v) is 12.0. The number of amides is 1. The molecule has 0 bridgehead atoms. The second-order valence-electron chi connectivity index (χ2n) is 6.20. The Morgan fingerprint density at radius 1 is 1.38 bits per heavy atom. The van der Waals surface area contributed by atoms with Gasteiger partial charge in [-0.05, 0) is 38.2 Å². The van der Waals surface area contributed by atoms with E-state index < -0.39 is 0 Å². The molecule has 0 saturated heterocycles. The molecule has 2 aromatic rings. The summed E-state index contributed by atoms with van der Waals surface area (Å²) in [6.07, 6.45) is 5.80. The number of anilines is 1. The number of carbonyl (C=O) groups excluding carboxylic acids is 1. The normalized spacial score (nSPS) is 19.3. The van der Waals surface area contributed by atoms with Crippen LogP contribution >= 0.6 is 0 Å². The molecule has 0 unspecified atom stereocenters. The van der Waals surface area contributed by atoms with Gasteiger partial charge in [0.2, 0.25) is 11.9 Å². The Morgan fingerprint density at radius 2 is 2.19 bits per heavy atom. The molecule has 2 saturated carbocycles. The Morgan fingerprint density at radius 3 is 2.86 bits per heavy atom. The molecule has 21 heavy (non-hydrogen) atoms. The van der Waals surface area contributed by atoms with Crippen molar-refractivity contribution in [3.63, 3.8) is 0 Å². The second-order valence-corrected chi connectivity index (χ2v) is 6.20. The highest BCUT2D eigenvalue weighted by atomic mass is 16.2. The first-order valence-electron chi connectivity index (χ1n) is 7.47. The Labute approximate surface area is 123 Å². The molecule has 0 spiro atoms. The number of nitrogens with one attached hydrogen (secondary N) is 1. The molecule has 108 valence electrons. The summed E-state index contributed by atoms with van der Waals surface area (Å²) >= 11 is 0. The highest BCUT2D eigenvalue weighted by Crippen LogP contribution is 2.49. The summed E-state index contributed by atoms with van der Waals surface area (Å²) in [5.41, 5.74) is 1.93. The van der Waals surface area contributed by atoms with Gasteiger partial charge in [0.15, 0.2) is 0 Å². The first-order chi connectivity index (χ1) is 10.2. The molecule has 2 aliphatic rings. The smallest absolute Gasteiger partial charge is 0.237 e. The van der Waals surface area contributed by atoms with E-state index in [-0.39, 0.29) is 11.3 Å². The molecule has 0 atom stereocenters. The Balaban J connectivity index is 1.58. The molecule has 1 amide bonds. The van der Waals surface area contributed by atoms with E-state index in [1.165, 1.54) is 5.56 Å². The topological polar surface area (TPSA) is 59.8 Å². The number of hydrogen-bond acceptors (Lipinski definition) is 3. The third kappa shape index (κ3) is 2.13. The van der Waals surface area contributed by atoms with Gasteiger partial charge in [0.1, 0.15) is 6.33 Å². The van der Waals surface area contributed by atoms with Crippen LogP contribution in [0, 0.1) is 6.92 Å². The molecule has 5 heteroatoms. The molecule has 1 heterocycles. The van der Waals surface area contributed by atoms with E-state index in [1.807, 2.05) is 16.7 Å². The number of benzene rings is 1. The maximum absolute atomic E-state index is 12.7. The standard InChI is InChI=1S/C16H18N4O/c1-11-3-2-4-12(9-11)16(7-8-16)14(21)18-15-19-17-10-20(15)13-5-6-13/h2-4,9-10,13H,5-8H2,1H3,(H,18,19,21). The highest BCUT2D eigenvalue weighted by Gasteiger charge is 2.51. The van der Waals surface area contributed by atoms with Gasteiger partial charge in [-0.1, -0.05) is 29.8 Å². The summed E-state index contributed by atoms with van der Waals surface area (Å²) in [4.78, 5) is 12.7. The third-order valence-electron chi connectivity index (χ3n) is 4.49. The van der Waals surface area contributed by atoms with Crippen LogP contribution in [0.1, 0.15) is 42.9 Å². The van der Waals surface area contributed by atoms with Gasteiger partial charge in [-0.2, -0.15) is 0 Å². The quantitative estimate of drug-likeness (QED) is 0.937. The summed E-state index contributed by atoms with van der Waals surface area (Å²) in [7, 11) is 0. The van der Waals surface area contributed by atoms with E-state index in [2.05, 4.69) is 34.6 Å².